The van der Waals surface area contributed by atoms with Crippen molar-refractivity contribution in [3.05, 3.63) is 178 Å². The fourth-order valence-corrected chi connectivity index (χ4v) is 7.38. The summed E-state index contributed by atoms with van der Waals surface area (Å²) in [5.41, 5.74) is 9.82. The molecule has 2 heterocycles. The molecule has 282 valence electrons. The number of fused-ring (bicyclic) bond motifs is 3. The molecule has 1 saturated carbocycles. The molecule has 1 fully saturated rings. The number of allylic oxidation sites excluding steroid dienone is 4. The Bertz CT molecular complexity index is 2830. The van der Waals surface area contributed by atoms with Crippen molar-refractivity contribution >= 4 is 39.3 Å². The van der Waals surface area contributed by atoms with E-state index in [1.54, 1.807) is 30.3 Å². The number of hydrogen-bond acceptors (Lipinski definition) is 2. The average molecular weight is 919 g/mol. The summed E-state index contributed by atoms with van der Waals surface area (Å²) in [6.45, 7) is 0.0495. The zero-order valence-electron chi connectivity index (χ0n) is 40.7. The van der Waals surface area contributed by atoms with E-state index in [4.69, 9.17) is 16.8 Å². The Morgan fingerprint density at radius 2 is 1.64 bits per heavy atom. The smallest absolute Gasteiger partial charge is 0.811 e. The summed E-state index contributed by atoms with van der Waals surface area (Å²) in [4.78, 5) is 4.21. The Morgan fingerprint density at radius 3 is 2.34 bits per heavy atom. The minimum absolute atomic E-state index is 0. The number of aryl methyl sites for hydroxylation is 3. The van der Waals surface area contributed by atoms with Crippen LogP contribution in [0.1, 0.15) is 98.1 Å². The van der Waals surface area contributed by atoms with Gasteiger partial charge in [-0.3, -0.25) is 0 Å². The summed E-state index contributed by atoms with van der Waals surface area (Å²) in [6, 6.07) is 39.4. The maximum absolute atomic E-state index is 9.64. The Balaban J connectivity index is 0.000000227. The van der Waals surface area contributed by atoms with E-state index in [2.05, 4.69) is 55.2 Å². The van der Waals surface area contributed by atoms with Crippen LogP contribution < -0.4 is 0 Å². The first-order valence-corrected chi connectivity index (χ1v) is 18.6. The van der Waals surface area contributed by atoms with E-state index in [9.17, 15) is 5.41 Å². The molecular weight excluding hydrogens is 861 g/mol. The van der Waals surface area contributed by atoms with Gasteiger partial charge in [0, 0.05) is 29.5 Å². The third-order valence-electron chi connectivity index (χ3n) is 10.6. The number of aromatic nitrogens is 1. The van der Waals surface area contributed by atoms with E-state index < -0.39 is 20.6 Å². The zero-order valence-corrected chi connectivity index (χ0v) is 34.1. The van der Waals surface area contributed by atoms with E-state index in [0.717, 1.165) is 44.8 Å². The Labute approximate surface area is 359 Å². The fraction of sp³-hybridized carbons (Fsp3) is 0.231. The number of nitrogens with zero attached hydrogens (tertiary/aromatic N) is 2. The predicted molar refractivity (Wildman–Crippen MR) is 233 cm³/mol. The molecular formula is C52H49IrN2O. The molecule has 0 saturated heterocycles. The molecule has 7 aromatic rings. The second-order valence-electron chi connectivity index (χ2n) is 15.0. The van der Waals surface area contributed by atoms with Gasteiger partial charge in [0.15, 0.2) is 0 Å². The Kier molecular flexibility index (Phi) is 9.53. The molecule has 0 atom stereocenters. The molecule has 0 bridgehead atoms. The number of benzene rings is 5. The van der Waals surface area contributed by atoms with Crippen molar-refractivity contribution in [3.63, 3.8) is 0 Å². The minimum atomic E-state index is -2.27. The van der Waals surface area contributed by atoms with E-state index in [0.29, 0.717) is 39.3 Å². The quantitative estimate of drug-likeness (QED) is 0.0908. The number of hydrogen-bond donors (Lipinski definition) is 0. The van der Waals surface area contributed by atoms with Gasteiger partial charge >= 0.3 is 20.1 Å². The predicted octanol–water partition coefficient (Wildman–Crippen LogP) is 14.3. The normalized spacial score (nSPS) is 17.6. The number of pyridine rings is 1. The molecule has 3 nitrogen and oxygen atoms in total. The third kappa shape index (κ3) is 9.27. The van der Waals surface area contributed by atoms with Gasteiger partial charge in [0.2, 0.25) is 0 Å². The molecule has 0 radical (unpaired) electrons. The molecule has 2 aromatic heterocycles. The van der Waals surface area contributed by atoms with Gasteiger partial charge in [-0.25, -0.2) is 0 Å². The summed E-state index contributed by atoms with van der Waals surface area (Å²) >= 11 is 0. The first kappa shape index (κ1) is 30.0. The monoisotopic (exact) mass is 919 g/mol. The van der Waals surface area contributed by atoms with Crippen molar-refractivity contribution in [1.29, 1.82) is 0 Å². The average Bonchev–Trinajstić information content (AvgIpc) is 3.64. The van der Waals surface area contributed by atoms with Crippen molar-refractivity contribution in [2.24, 2.45) is 5.41 Å². The number of furan rings is 1. The van der Waals surface area contributed by atoms with Gasteiger partial charge in [0.1, 0.15) is 5.58 Å². The van der Waals surface area contributed by atoms with Crippen LogP contribution in [0.15, 0.2) is 132 Å². The Morgan fingerprint density at radius 1 is 0.875 bits per heavy atom. The first-order chi connectivity index (χ1) is 30.2. The van der Waals surface area contributed by atoms with Crippen molar-refractivity contribution in [1.82, 2.24) is 4.98 Å². The van der Waals surface area contributed by atoms with Gasteiger partial charge in [0.05, 0.1) is 0 Å². The summed E-state index contributed by atoms with van der Waals surface area (Å²) < 4.78 is 74.9. The zero-order chi connectivity index (χ0) is 46.0. The van der Waals surface area contributed by atoms with Gasteiger partial charge in [-0.05, 0) is 95.9 Å². The topological polar surface area (TPSA) is 48.3 Å². The van der Waals surface area contributed by atoms with E-state index in [-0.39, 0.29) is 36.8 Å². The first-order valence-electron chi connectivity index (χ1n) is 23.1. The molecule has 0 N–H and O–H groups in total. The van der Waals surface area contributed by atoms with Crippen LogP contribution in [0.2, 0.25) is 0 Å². The summed E-state index contributed by atoms with van der Waals surface area (Å²) in [5.74, 6) is 0.609. The van der Waals surface area contributed by atoms with Crippen molar-refractivity contribution in [3.8, 4) is 22.4 Å². The van der Waals surface area contributed by atoms with E-state index in [1.807, 2.05) is 61.5 Å². The van der Waals surface area contributed by atoms with Gasteiger partial charge < -0.3 is 14.8 Å². The summed E-state index contributed by atoms with van der Waals surface area (Å²) in [7, 11) is 0. The SMILES string of the molecule is [2H]C([2H])([2H])c1ccc(-c2[c-]cc(C([2H])([2H])[2H])c(-c3ccccc3)c2)nc1.[2H]C([2H])([2H])c1ccc2c(c1)oc1c(/C(C)=C/C(=C\C=[N-])c3ccc(C4CCC(C)(C)CC4)cc3)[c-]ccc12.[Ir+3]. The van der Waals surface area contributed by atoms with Crippen LogP contribution in [-0.4, -0.2) is 11.2 Å². The second kappa shape index (κ2) is 17.8. The fourth-order valence-electron chi connectivity index (χ4n) is 7.38. The van der Waals surface area contributed by atoms with Crippen LogP contribution in [-0.2, 0) is 20.1 Å². The largest absolute Gasteiger partial charge is 3.00 e. The standard InChI is InChI=1S/C33H33NO.C19H16N.Ir/c1-22-8-13-29-30-7-5-6-28(32(30)35-31(29)20-22)23(2)21-27(16-19-34)25-11-9-24(10-12-25)26-14-17-33(3,4)18-15-26;1-14-8-11-19(20-13-14)17-10-9-15(2)18(12-17)16-6-4-3-5-7-16;/h5,7-13,16,19-21,26H,14-15,17-18H2,1-4H3;3-9,11-13H,1-2H3;/q-2;-1;+3/b23-21+,27-16+;;/i1D3;1D3,2D3;. The van der Waals surface area contributed by atoms with Crippen molar-refractivity contribution in [2.75, 3.05) is 0 Å². The summed E-state index contributed by atoms with van der Waals surface area (Å²) in [5, 5.41) is 11.4. The molecule has 0 amide bonds. The van der Waals surface area contributed by atoms with Gasteiger partial charge in [0.25, 0.3) is 0 Å². The maximum Gasteiger partial charge on any atom is 3.00 e. The van der Waals surface area contributed by atoms with Crippen LogP contribution in [0, 0.1) is 38.1 Å². The maximum atomic E-state index is 9.64. The van der Waals surface area contributed by atoms with Crippen molar-refractivity contribution < 1.29 is 36.9 Å². The third-order valence-corrected chi connectivity index (χ3v) is 10.6. The summed E-state index contributed by atoms with van der Waals surface area (Å²) in [6.07, 6.45) is 11.1. The van der Waals surface area contributed by atoms with E-state index in [1.165, 1.54) is 49.6 Å². The Hall–Kier alpha value is -5.15. The van der Waals surface area contributed by atoms with Crippen LogP contribution in [0.25, 0.3) is 60.9 Å². The van der Waals surface area contributed by atoms with Crippen LogP contribution in [0.3, 0.4) is 0 Å². The number of rotatable bonds is 7. The molecule has 0 spiro atoms. The molecule has 1 aliphatic rings. The molecule has 0 unspecified atom stereocenters. The second-order valence-corrected chi connectivity index (χ2v) is 15.0. The molecule has 56 heavy (non-hydrogen) atoms. The van der Waals surface area contributed by atoms with Gasteiger partial charge in [-0.1, -0.05) is 130 Å². The van der Waals surface area contributed by atoms with E-state index >= 15 is 0 Å². The molecule has 8 rings (SSSR count). The molecule has 0 aliphatic heterocycles. The minimum Gasteiger partial charge on any atom is -0.811 e. The van der Waals surface area contributed by atoms with Gasteiger partial charge in [-0.2, -0.15) is 6.21 Å². The van der Waals surface area contributed by atoms with Crippen molar-refractivity contribution in [2.45, 2.75) is 72.9 Å². The van der Waals surface area contributed by atoms with Crippen LogP contribution in [0.4, 0.5) is 0 Å². The van der Waals surface area contributed by atoms with Gasteiger partial charge in [-0.15, -0.1) is 58.7 Å². The van der Waals surface area contributed by atoms with Crippen LogP contribution >= 0.6 is 0 Å². The molecule has 4 heteroatoms. The molecule has 1 aliphatic carbocycles. The van der Waals surface area contributed by atoms with Crippen LogP contribution in [0.5, 0.6) is 0 Å². The molecule has 5 aromatic carbocycles.